The van der Waals surface area contributed by atoms with Gasteiger partial charge < -0.3 is 10.2 Å². The standard InChI is InChI=1S/C15H18O3/c1-12(6-5-9-14(16)15(17)18)10-11-13-7-3-2-4-8-13/h2-4,7-12,16H,5-6H2,1H3,(H,17,18). The molecule has 1 aromatic carbocycles. The lowest BCUT2D eigenvalue weighted by atomic mass is 10.0. The predicted molar refractivity (Wildman–Crippen MR) is 72.2 cm³/mol. The van der Waals surface area contributed by atoms with Gasteiger partial charge in [-0.25, -0.2) is 4.79 Å². The number of carbonyl (C=O) groups is 1. The number of aliphatic hydroxyl groups is 1. The fraction of sp³-hybridized carbons (Fsp3) is 0.267. The lowest BCUT2D eigenvalue weighted by Crippen LogP contribution is -1.99. The van der Waals surface area contributed by atoms with Crippen molar-refractivity contribution in [2.75, 3.05) is 0 Å². The highest BCUT2D eigenvalue weighted by molar-refractivity contribution is 5.83. The van der Waals surface area contributed by atoms with Gasteiger partial charge in [-0.1, -0.05) is 49.4 Å². The Morgan fingerprint density at radius 2 is 1.94 bits per heavy atom. The Balaban J connectivity index is 2.38. The smallest absolute Gasteiger partial charge is 0.370 e. The molecule has 2 N–H and O–H groups in total. The molecule has 0 saturated heterocycles. The Morgan fingerprint density at radius 1 is 1.28 bits per heavy atom. The van der Waals surface area contributed by atoms with Gasteiger partial charge in [0.25, 0.3) is 0 Å². The third kappa shape index (κ3) is 5.34. The molecule has 0 fully saturated rings. The second-order valence-corrected chi connectivity index (χ2v) is 4.22. The van der Waals surface area contributed by atoms with Crippen LogP contribution in [0.15, 0.2) is 48.2 Å². The minimum absolute atomic E-state index is 0.336. The van der Waals surface area contributed by atoms with E-state index in [4.69, 9.17) is 10.2 Å². The predicted octanol–water partition coefficient (Wildman–Crippen LogP) is 3.64. The molecule has 0 heterocycles. The number of carboxylic acid groups (broad SMARTS) is 1. The molecule has 0 bridgehead atoms. The number of hydrogen-bond acceptors (Lipinski definition) is 2. The topological polar surface area (TPSA) is 57.5 Å². The summed E-state index contributed by atoms with van der Waals surface area (Å²) in [4.78, 5) is 10.4. The Bertz CT molecular complexity index is 432. The quantitative estimate of drug-likeness (QED) is 0.595. The second kappa shape index (κ2) is 7.33. The average molecular weight is 246 g/mol. The molecule has 0 saturated carbocycles. The fourth-order valence-electron chi connectivity index (χ4n) is 1.51. The van der Waals surface area contributed by atoms with Crippen LogP contribution in [-0.2, 0) is 4.79 Å². The minimum Gasteiger partial charge on any atom is -0.502 e. The SMILES string of the molecule is CC(C=Cc1ccccc1)CCC=C(O)C(=O)O. The monoisotopic (exact) mass is 246 g/mol. The molecular formula is C15H18O3. The molecule has 0 radical (unpaired) electrons. The van der Waals surface area contributed by atoms with E-state index in [9.17, 15) is 4.79 Å². The van der Waals surface area contributed by atoms with E-state index in [-0.39, 0.29) is 0 Å². The van der Waals surface area contributed by atoms with E-state index in [0.29, 0.717) is 12.3 Å². The van der Waals surface area contributed by atoms with Crippen molar-refractivity contribution in [1.29, 1.82) is 0 Å². The highest BCUT2D eigenvalue weighted by Crippen LogP contribution is 2.11. The number of allylic oxidation sites excluding steroid dienone is 2. The summed E-state index contributed by atoms with van der Waals surface area (Å²) in [6, 6.07) is 9.99. The normalized spacial score (nSPS) is 13.7. The Morgan fingerprint density at radius 3 is 2.56 bits per heavy atom. The third-order valence-electron chi connectivity index (χ3n) is 2.60. The van der Waals surface area contributed by atoms with Gasteiger partial charge in [-0.3, -0.25) is 0 Å². The summed E-state index contributed by atoms with van der Waals surface area (Å²) in [5.74, 6) is -1.51. The summed E-state index contributed by atoms with van der Waals surface area (Å²) in [5.41, 5.74) is 1.15. The Hall–Kier alpha value is -2.03. The first-order chi connectivity index (χ1) is 8.59. The third-order valence-corrected chi connectivity index (χ3v) is 2.60. The molecule has 1 atom stereocenters. The molecule has 96 valence electrons. The van der Waals surface area contributed by atoms with Gasteiger partial charge in [0.15, 0.2) is 5.76 Å². The first-order valence-electron chi connectivity index (χ1n) is 5.95. The summed E-state index contributed by atoms with van der Waals surface area (Å²) in [7, 11) is 0. The molecule has 18 heavy (non-hydrogen) atoms. The van der Waals surface area contributed by atoms with Crippen molar-refractivity contribution in [3.05, 3.63) is 53.8 Å². The first-order valence-corrected chi connectivity index (χ1v) is 5.95. The van der Waals surface area contributed by atoms with Crippen molar-refractivity contribution < 1.29 is 15.0 Å². The molecule has 3 nitrogen and oxygen atoms in total. The molecule has 0 aliphatic rings. The number of benzene rings is 1. The van der Waals surface area contributed by atoms with E-state index < -0.39 is 11.7 Å². The Labute approximate surface area is 107 Å². The highest BCUT2D eigenvalue weighted by Gasteiger charge is 2.02. The Kier molecular flexibility index (Phi) is 5.71. The number of hydrogen-bond donors (Lipinski definition) is 2. The van der Waals surface area contributed by atoms with Crippen molar-refractivity contribution in [2.45, 2.75) is 19.8 Å². The molecule has 3 heteroatoms. The summed E-state index contributed by atoms with van der Waals surface area (Å²) in [5, 5.41) is 17.5. The van der Waals surface area contributed by atoms with E-state index in [1.54, 1.807) is 0 Å². The van der Waals surface area contributed by atoms with Gasteiger partial charge in [0.05, 0.1) is 0 Å². The molecular weight excluding hydrogens is 228 g/mol. The van der Waals surface area contributed by atoms with Crippen molar-refractivity contribution in [3.63, 3.8) is 0 Å². The van der Waals surface area contributed by atoms with Crippen LogP contribution in [0.3, 0.4) is 0 Å². The van der Waals surface area contributed by atoms with Crippen LogP contribution in [0.4, 0.5) is 0 Å². The molecule has 0 spiro atoms. The van der Waals surface area contributed by atoms with Crippen LogP contribution >= 0.6 is 0 Å². The largest absolute Gasteiger partial charge is 0.502 e. The van der Waals surface area contributed by atoms with Crippen LogP contribution in [0.1, 0.15) is 25.3 Å². The molecule has 0 aliphatic carbocycles. The van der Waals surface area contributed by atoms with E-state index in [1.165, 1.54) is 6.08 Å². The maximum Gasteiger partial charge on any atom is 0.370 e. The molecule has 1 aromatic rings. The summed E-state index contributed by atoms with van der Waals surface area (Å²) in [6.07, 6.45) is 6.83. The van der Waals surface area contributed by atoms with Gasteiger partial charge in [0, 0.05) is 0 Å². The van der Waals surface area contributed by atoms with Crippen LogP contribution in [-0.4, -0.2) is 16.2 Å². The zero-order valence-corrected chi connectivity index (χ0v) is 10.4. The van der Waals surface area contributed by atoms with E-state index >= 15 is 0 Å². The minimum atomic E-state index is -1.28. The van der Waals surface area contributed by atoms with Crippen LogP contribution in [0, 0.1) is 5.92 Å². The fourth-order valence-corrected chi connectivity index (χ4v) is 1.51. The number of aliphatic hydroxyl groups excluding tert-OH is 1. The van der Waals surface area contributed by atoms with Crippen LogP contribution < -0.4 is 0 Å². The highest BCUT2D eigenvalue weighted by atomic mass is 16.4. The number of carboxylic acids is 1. The van der Waals surface area contributed by atoms with Gasteiger partial charge in [0.1, 0.15) is 0 Å². The lowest BCUT2D eigenvalue weighted by Gasteiger charge is -2.03. The maximum atomic E-state index is 10.4. The molecule has 0 aliphatic heterocycles. The van der Waals surface area contributed by atoms with E-state index in [2.05, 4.69) is 13.0 Å². The first kappa shape index (κ1) is 14.0. The van der Waals surface area contributed by atoms with Gasteiger partial charge in [-0.2, -0.15) is 0 Å². The number of rotatable bonds is 6. The molecule has 1 rings (SSSR count). The van der Waals surface area contributed by atoms with Crippen LogP contribution in [0.2, 0.25) is 0 Å². The van der Waals surface area contributed by atoms with Gasteiger partial charge in [-0.05, 0) is 30.4 Å². The van der Waals surface area contributed by atoms with Crippen molar-refractivity contribution in [1.82, 2.24) is 0 Å². The average Bonchev–Trinajstić information content (AvgIpc) is 2.37. The van der Waals surface area contributed by atoms with Crippen molar-refractivity contribution in [2.24, 2.45) is 5.92 Å². The molecule has 0 aromatic heterocycles. The zero-order chi connectivity index (χ0) is 13.4. The van der Waals surface area contributed by atoms with E-state index in [0.717, 1.165) is 12.0 Å². The summed E-state index contributed by atoms with van der Waals surface area (Å²) < 4.78 is 0. The van der Waals surface area contributed by atoms with Crippen LogP contribution in [0.25, 0.3) is 6.08 Å². The van der Waals surface area contributed by atoms with E-state index in [1.807, 2.05) is 36.4 Å². The van der Waals surface area contributed by atoms with Gasteiger partial charge in [-0.15, -0.1) is 0 Å². The maximum absolute atomic E-state index is 10.4. The zero-order valence-electron chi connectivity index (χ0n) is 10.4. The summed E-state index contributed by atoms with van der Waals surface area (Å²) in [6.45, 7) is 2.06. The van der Waals surface area contributed by atoms with Crippen LogP contribution in [0.5, 0.6) is 0 Å². The van der Waals surface area contributed by atoms with Gasteiger partial charge in [0.2, 0.25) is 0 Å². The van der Waals surface area contributed by atoms with Crippen molar-refractivity contribution >= 4 is 12.0 Å². The molecule has 1 unspecified atom stereocenters. The second-order valence-electron chi connectivity index (χ2n) is 4.22. The number of aliphatic carboxylic acids is 1. The summed E-state index contributed by atoms with van der Waals surface area (Å²) >= 11 is 0. The van der Waals surface area contributed by atoms with Gasteiger partial charge >= 0.3 is 5.97 Å². The lowest BCUT2D eigenvalue weighted by molar-refractivity contribution is -0.135. The molecule has 0 amide bonds. The van der Waals surface area contributed by atoms with Crippen molar-refractivity contribution in [3.8, 4) is 0 Å².